The molecule has 3 N–H and O–H groups in total. The van der Waals surface area contributed by atoms with Gasteiger partial charge in [0.25, 0.3) is 0 Å². The van der Waals surface area contributed by atoms with Gasteiger partial charge in [0.15, 0.2) is 0 Å². The van der Waals surface area contributed by atoms with Crippen LogP contribution in [0, 0.1) is 0 Å². The van der Waals surface area contributed by atoms with Gasteiger partial charge in [0, 0.05) is 14.6 Å². The number of para-hydroxylation sites is 1. The number of rotatable bonds is 2. The van der Waals surface area contributed by atoms with Gasteiger partial charge in [0.2, 0.25) is 0 Å². The van der Waals surface area contributed by atoms with Gasteiger partial charge in [-0.3, -0.25) is 0 Å². The summed E-state index contributed by atoms with van der Waals surface area (Å²) in [5.41, 5.74) is 8.43. The minimum absolute atomic E-state index is 0.740. The number of anilines is 3. The maximum atomic E-state index is 5.68. The molecule has 0 heterocycles. The van der Waals surface area contributed by atoms with Crippen molar-refractivity contribution in [3.8, 4) is 0 Å². The van der Waals surface area contributed by atoms with E-state index in [2.05, 4.69) is 37.2 Å². The first-order valence-electron chi connectivity index (χ1n) is 4.73. The second-order valence-corrected chi connectivity index (χ2v) is 5.05. The number of nitrogens with two attached hydrogens (primary N) is 1. The Hall–Kier alpha value is -1.000. The third kappa shape index (κ3) is 2.57. The lowest BCUT2D eigenvalue weighted by atomic mass is 10.2. The van der Waals surface area contributed by atoms with Crippen molar-refractivity contribution >= 4 is 48.9 Å². The zero-order chi connectivity index (χ0) is 11.5. The van der Waals surface area contributed by atoms with E-state index in [1.165, 1.54) is 0 Å². The fourth-order valence-corrected chi connectivity index (χ4v) is 2.22. The largest absolute Gasteiger partial charge is 0.399 e. The first kappa shape index (κ1) is 11.5. The van der Waals surface area contributed by atoms with Crippen molar-refractivity contribution in [3.05, 3.63) is 51.4 Å². The maximum absolute atomic E-state index is 5.68. The molecular formula is C12H10Br2N2. The fraction of sp³-hybridized carbons (Fsp3) is 0. The number of halogens is 2. The van der Waals surface area contributed by atoms with E-state index in [4.69, 9.17) is 5.73 Å². The zero-order valence-corrected chi connectivity index (χ0v) is 11.5. The summed E-state index contributed by atoms with van der Waals surface area (Å²) in [6, 6.07) is 13.6. The maximum Gasteiger partial charge on any atom is 0.0530 e. The van der Waals surface area contributed by atoms with Crippen LogP contribution in [0.2, 0.25) is 0 Å². The van der Waals surface area contributed by atoms with Crippen molar-refractivity contribution in [2.75, 3.05) is 11.1 Å². The minimum atomic E-state index is 0.740. The van der Waals surface area contributed by atoms with E-state index in [-0.39, 0.29) is 0 Å². The SMILES string of the molecule is Nc1ccc(Nc2ccccc2Br)c(Br)c1. The van der Waals surface area contributed by atoms with E-state index in [1.54, 1.807) is 0 Å². The summed E-state index contributed by atoms with van der Waals surface area (Å²) in [6.45, 7) is 0. The van der Waals surface area contributed by atoms with Gasteiger partial charge in [-0.15, -0.1) is 0 Å². The summed E-state index contributed by atoms with van der Waals surface area (Å²) in [4.78, 5) is 0. The Bertz CT molecular complexity index is 512. The van der Waals surface area contributed by atoms with Crippen molar-refractivity contribution in [1.29, 1.82) is 0 Å². The predicted octanol–water partition coefficient (Wildman–Crippen LogP) is 4.54. The summed E-state index contributed by atoms with van der Waals surface area (Å²) in [5.74, 6) is 0. The van der Waals surface area contributed by atoms with Crippen molar-refractivity contribution < 1.29 is 0 Å². The molecule has 0 aliphatic heterocycles. The van der Waals surface area contributed by atoms with Crippen LogP contribution in [0.15, 0.2) is 51.4 Å². The van der Waals surface area contributed by atoms with Gasteiger partial charge in [-0.25, -0.2) is 0 Å². The van der Waals surface area contributed by atoms with Crippen LogP contribution in [0.3, 0.4) is 0 Å². The first-order valence-corrected chi connectivity index (χ1v) is 6.32. The van der Waals surface area contributed by atoms with Crippen LogP contribution in [-0.2, 0) is 0 Å². The molecule has 4 heteroatoms. The highest BCUT2D eigenvalue weighted by Crippen LogP contribution is 2.30. The predicted molar refractivity (Wildman–Crippen MR) is 76.0 cm³/mol. The molecule has 0 unspecified atom stereocenters. The van der Waals surface area contributed by atoms with Crippen LogP contribution in [-0.4, -0.2) is 0 Å². The van der Waals surface area contributed by atoms with E-state index < -0.39 is 0 Å². The monoisotopic (exact) mass is 340 g/mol. The normalized spacial score (nSPS) is 10.1. The quantitative estimate of drug-likeness (QED) is 0.787. The van der Waals surface area contributed by atoms with Crippen molar-refractivity contribution in [2.24, 2.45) is 0 Å². The van der Waals surface area contributed by atoms with Crippen molar-refractivity contribution in [2.45, 2.75) is 0 Å². The molecule has 0 bridgehead atoms. The summed E-state index contributed by atoms with van der Waals surface area (Å²) in [6.07, 6.45) is 0. The van der Waals surface area contributed by atoms with Crippen LogP contribution >= 0.6 is 31.9 Å². The lowest BCUT2D eigenvalue weighted by Gasteiger charge is -2.10. The molecule has 0 aliphatic rings. The van der Waals surface area contributed by atoms with E-state index in [0.29, 0.717) is 0 Å². The smallest absolute Gasteiger partial charge is 0.0530 e. The Morgan fingerprint density at radius 3 is 2.25 bits per heavy atom. The molecule has 0 aliphatic carbocycles. The molecule has 0 atom stereocenters. The average molecular weight is 342 g/mol. The average Bonchev–Trinajstić information content (AvgIpc) is 2.25. The van der Waals surface area contributed by atoms with Gasteiger partial charge in [-0.1, -0.05) is 12.1 Å². The van der Waals surface area contributed by atoms with Gasteiger partial charge in [0.1, 0.15) is 0 Å². The number of hydrogen-bond acceptors (Lipinski definition) is 2. The Labute approximate surface area is 111 Å². The minimum Gasteiger partial charge on any atom is -0.399 e. The standard InChI is InChI=1S/C12H10Br2N2/c13-9-3-1-2-4-11(9)16-12-6-5-8(15)7-10(12)14/h1-7,16H,15H2. The Balaban J connectivity index is 2.31. The molecule has 2 aromatic carbocycles. The van der Waals surface area contributed by atoms with E-state index in [0.717, 1.165) is 26.0 Å². The van der Waals surface area contributed by atoms with Crippen molar-refractivity contribution in [1.82, 2.24) is 0 Å². The molecule has 0 radical (unpaired) electrons. The fourth-order valence-electron chi connectivity index (χ4n) is 1.34. The molecule has 2 nitrogen and oxygen atoms in total. The van der Waals surface area contributed by atoms with Gasteiger partial charge in [-0.2, -0.15) is 0 Å². The lowest BCUT2D eigenvalue weighted by molar-refractivity contribution is 1.50. The van der Waals surface area contributed by atoms with E-state index in [9.17, 15) is 0 Å². The molecule has 0 amide bonds. The van der Waals surface area contributed by atoms with Crippen LogP contribution in [0.4, 0.5) is 17.1 Å². The highest BCUT2D eigenvalue weighted by molar-refractivity contribution is 9.11. The molecule has 0 fully saturated rings. The summed E-state index contributed by atoms with van der Waals surface area (Å²) < 4.78 is 1.97. The highest BCUT2D eigenvalue weighted by Gasteiger charge is 2.02. The third-order valence-corrected chi connectivity index (χ3v) is 3.48. The van der Waals surface area contributed by atoms with Crippen LogP contribution < -0.4 is 11.1 Å². The molecule has 82 valence electrons. The Kier molecular flexibility index (Phi) is 3.51. The molecule has 0 spiro atoms. The van der Waals surface area contributed by atoms with Gasteiger partial charge >= 0.3 is 0 Å². The van der Waals surface area contributed by atoms with Gasteiger partial charge in [0.05, 0.1) is 11.4 Å². The Morgan fingerprint density at radius 1 is 0.875 bits per heavy atom. The number of benzene rings is 2. The lowest BCUT2D eigenvalue weighted by Crippen LogP contribution is -1.93. The first-order chi connectivity index (χ1) is 7.66. The van der Waals surface area contributed by atoms with E-state index in [1.807, 2.05) is 42.5 Å². The van der Waals surface area contributed by atoms with E-state index >= 15 is 0 Å². The molecule has 0 saturated carbocycles. The Morgan fingerprint density at radius 2 is 1.56 bits per heavy atom. The number of nitrogen functional groups attached to an aromatic ring is 1. The van der Waals surface area contributed by atoms with Crippen LogP contribution in [0.1, 0.15) is 0 Å². The summed E-state index contributed by atoms with van der Waals surface area (Å²) in [5, 5.41) is 3.32. The summed E-state index contributed by atoms with van der Waals surface area (Å²) in [7, 11) is 0. The third-order valence-electron chi connectivity index (χ3n) is 2.14. The second-order valence-electron chi connectivity index (χ2n) is 3.34. The van der Waals surface area contributed by atoms with Crippen LogP contribution in [0.5, 0.6) is 0 Å². The number of hydrogen-bond donors (Lipinski definition) is 2. The molecule has 2 rings (SSSR count). The summed E-state index contributed by atoms with van der Waals surface area (Å²) >= 11 is 6.96. The zero-order valence-electron chi connectivity index (χ0n) is 8.37. The van der Waals surface area contributed by atoms with Crippen molar-refractivity contribution in [3.63, 3.8) is 0 Å². The molecule has 16 heavy (non-hydrogen) atoms. The van der Waals surface area contributed by atoms with Gasteiger partial charge in [-0.05, 0) is 62.2 Å². The topological polar surface area (TPSA) is 38.0 Å². The molecule has 0 aromatic heterocycles. The highest BCUT2D eigenvalue weighted by atomic mass is 79.9. The van der Waals surface area contributed by atoms with Crippen LogP contribution in [0.25, 0.3) is 0 Å². The molecule has 0 saturated heterocycles. The molecule has 2 aromatic rings. The van der Waals surface area contributed by atoms with Gasteiger partial charge < -0.3 is 11.1 Å². The number of nitrogens with one attached hydrogen (secondary N) is 1. The molecular weight excluding hydrogens is 332 g/mol. The second kappa shape index (κ2) is 4.89.